The Bertz CT molecular complexity index is 953. The minimum Gasteiger partial charge on any atom is -0.261 e. The van der Waals surface area contributed by atoms with E-state index in [0.717, 1.165) is 6.07 Å². The van der Waals surface area contributed by atoms with Gasteiger partial charge >= 0.3 is 12.1 Å². The van der Waals surface area contributed by atoms with Crippen LogP contribution in [0.1, 0.15) is 34.4 Å². The molecule has 8 heteroatoms. The largest absolute Gasteiger partial charge is 0.458 e. The van der Waals surface area contributed by atoms with Crippen molar-refractivity contribution in [3.8, 4) is 12.1 Å². The molecule has 0 saturated heterocycles. The molecule has 1 heterocycles. The van der Waals surface area contributed by atoms with Crippen molar-refractivity contribution in [2.24, 2.45) is 0 Å². The lowest BCUT2D eigenvalue weighted by atomic mass is 9.74. The van der Waals surface area contributed by atoms with Crippen molar-refractivity contribution in [2.45, 2.75) is 30.4 Å². The van der Waals surface area contributed by atoms with E-state index in [9.17, 15) is 32.5 Å². The van der Waals surface area contributed by atoms with E-state index in [-0.39, 0.29) is 17.5 Å². The van der Waals surface area contributed by atoms with Crippen LogP contribution in [0.2, 0.25) is 0 Å². The molecular formula is C18H10F5N3. The van der Waals surface area contributed by atoms with Gasteiger partial charge in [-0.3, -0.25) is 4.98 Å². The van der Waals surface area contributed by atoms with E-state index in [1.165, 1.54) is 6.20 Å². The smallest absolute Gasteiger partial charge is 0.261 e. The van der Waals surface area contributed by atoms with Crippen molar-refractivity contribution in [1.82, 2.24) is 4.98 Å². The molecule has 0 spiro atoms. The molecule has 0 amide bonds. The van der Waals surface area contributed by atoms with Gasteiger partial charge in [-0.25, -0.2) is 0 Å². The summed E-state index contributed by atoms with van der Waals surface area (Å²) in [6.07, 6.45) is -3.78. The van der Waals surface area contributed by atoms with Crippen molar-refractivity contribution < 1.29 is 22.0 Å². The third-order valence-electron chi connectivity index (χ3n) is 4.60. The van der Waals surface area contributed by atoms with E-state index >= 15 is 0 Å². The minimum absolute atomic E-state index is 0.120. The second-order valence-electron chi connectivity index (χ2n) is 5.96. The van der Waals surface area contributed by atoms with Gasteiger partial charge in [0.05, 0.1) is 17.7 Å². The number of hydrogen-bond acceptors (Lipinski definition) is 3. The monoisotopic (exact) mass is 363 g/mol. The van der Waals surface area contributed by atoms with Gasteiger partial charge in [0.15, 0.2) is 0 Å². The normalized spacial score (nSPS) is 19.5. The van der Waals surface area contributed by atoms with Crippen LogP contribution in [0.15, 0.2) is 36.5 Å². The average Bonchev–Trinajstić information content (AvgIpc) is 3.00. The number of aromatic nitrogens is 1. The highest BCUT2D eigenvalue weighted by Crippen LogP contribution is 2.48. The molecule has 0 radical (unpaired) electrons. The van der Waals surface area contributed by atoms with E-state index in [0.29, 0.717) is 29.8 Å². The van der Waals surface area contributed by atoms with Crippen molar-refractivity contribution in [1.29, 1.82) is 10.5 Å². The third kappa shape index (κ3) is 2.41. The van der Waals surface area contributed by atoms with Crippen LogP contribution in [-0.4, -0.2) is 11.2 Å². The molecule has 132 valence electrons. The first kappa shape index (κ1) is 17.8. The van der Waals surface area contributed by atoms with Gasteiger partial charge in [-0.2, -0.15) is 32.5 Å². The van der Waals surface area contributed by atoms with Crippen LogP contribution in [0.4, 0.5) is 22.0 Å². The number of aryl methyl sites for hydroxylation is 1. The summed E-state index contributed by atoms with van der Waals surface area (Å²) in [5.74, 6) is -5.09. The second-order valence-corrected chi connectivity index (χ2v) is 5.96. The topological polar surface area (TPSA) is 60.5 Å². The molecule has 0 aliphatic heterocycles. The summed E-state index contributed by atoms with van der Waals surface area (Å²) in [6.45, 7) is 0. The molecule has 1 unspecified atom stereocenters. The van der Waals surface area contributed by atoms with E-state index < -0.39 is 23.1 Å². The van der Waals surface area contributed by atoms with E-state index in [1.54, 1.807) is 18.2 Å². The molecule has 1 aliphatic carbocycles. The van der Waals surface area contributed by atoms with Gasteiger partial charge in [0.25, 0.3) is 0 Å². The molecule has 3 nitrogen and oxygen atoms in total. The van der Waals surface area contributed by atoms with Crippen LogP contribution in [0.5, 0.6) is 0 Å². The fourth-order valence-electron chi connectivity index (χ4n) is 3.28. The van der Waals surface area contributed by atoms with E-state index in [1.807, 2.05) is 6.07 Å². The van der Waals surface area contributed by atoms with Crippen LogP contribution in [0.25, 0.3) is 0 Å². The van der Waals surface area contributed by atoms with Gasteiger partial charge < -0.3 is 0 Å². The molecule has 0 N–H and O–H groups in total. The first-order valence-corrected chi connectivity index (χ1v) is 7.52. The summed E-state index contributed by atoms with van der Waals surface area (Å²) in [4.78, 5) is 4.13. The zero-order valence-corrected chi connectivity index (χ0v) is 13.1. The van der Waals surface area contributed by atoms with Gasteiger partial charge in [0, 0.05) is 17.5 Å². The Kier molecular flexibility index (Phi) is 3.95. The Balaban J connectivity index is 2.27. The summed E-state index contributed by atoms with van der Waals surface area (Å²) in [7, 11) is 0. The van der Waals surface area contributed by atoms with E-state index in [4.69, 9.17) is 0 Å². The lowest BCUT2D eigenvalue weighted by Gasteiger charge is -2.26. The number of nitrogens with zero attached hydrogens (tertiary/aromatic N) is 3. The van der Waals surface area contributed by atoms with Crippen LogP contribution in [0.3, 0.4) is 0 Å². The van der Waals surface area contributed by atoms with Crippen molar-refractivity contribution >= 4 is 0 Å². The highest BCUT2D eigenvalue weighted by molar-refractivity contribution is 5.57. The van der Waals surface area contributed by atoms with Crippen molar-refractivity contribution in [3.63, 3.8) is 0 Å². The van der Waals surface area contributed by atoms with Gasteiger partial charge in [-0.05, 0) is 42.2 Å². The Morgan fingerprint density at radius 3 is 2.38 bits per heavy atom. The highest BCUT2D eigenvalue weighted by atomic mass is 19.4. The highest BCUT2D eigenvalue weighted by Gasteiger charge is 2.59. The Morgan fingerprint density at radius 1 is 1.04 bits per heavy atom. The first-order valence-electron chi connectivity index (χ1n) is 7.52. The number of pyridine rings is 1. The Hall–Kier alpha value is -3.00. The summed E-state index contributed by atoms with van der Waals surface area (Å²) >= 11 is 0. The lowest BCUT2D eigenvalue weighted by molar-refractivity contribution is -0.289. The maximum absolute atomic E-state index is 13.8. The zero-order valence-electron chi connectivity index (χ0n) is 13.1. The molecule has 0 bridgehead atoms. The molecule has 2 aromatic rings. The molecule has 1 aromatic heterocycles. The fourth-order valence-corrected chi connectivity index (χ4v) is 3.28. The summed E-state index contributed by atoms with van der Waals surface area (Å²) in [5, 5.41) is 19.1. The maximum atomic E-state index is 13.8. The quantitative estimate of drug-likeness (QED) is 0.745. The van der Waals surface area contributed by atoms with Crippen LogP contribution >= 0.6 is 0 Å². The average molecular weight is 363 g/mol. The van der Waals surface area contributed by atoms with Gasteiger partial charge in [0.2, 0.25) is 0 Å². The molecule has 1 atom stereocenters. The summed E-state index contributed by atoms with van der Waals surface area (Å²) < 4.78 is 65.8. The molecule has 1 aliphatic rings. The maximum Gasteiger partial charge on any atom is 0.458 e. The Labute approximate surface area is 145 Å². The van der Waals surface area contributed by atoms with Gasteiger partial charge in [-0.1, -0.05) is 12.1 Å². The molecule has 3 rings (SSSR count). The number of fused-ring (bicyclic) bond motifs is 1. The van der Waals surface area contributed by atoms with Crippen molar-refractivity contribution in [2.75, 3.05) is 0 Å². The molecule has 0 fully saturated rings. The predicted octanol–water partition coefficient (Wildman–Crippen LogP) is 4.36. The number of rotatable bonds is 2. The van der Waals surface area contributed by atoms with Crippen LogP contribution in [-0.2, 0) is 17.8 Å². The molecular weight excluding hydrogens is 353 g/mol. The van der Waals surface area contributed by atoms with Crippen molar-refractivity contribution in [3.05, 3.63) is 64.5 Å². The predicted molar refractivity (Wildman–Crippen MR) is 80.1 cm³/mol. The molecule has 26 heavy (non-hydrogen) atoms. The van der Waals surface area contributed by atoms with Gasteiger partial charge in [-0.15, -0.1) is 0 Å². The minimum atomic E-state index is -5.78. The molecule has 1 aromatic carbocycles. The first-order chi connectivity index (χ1) is 12.2. The molecule has 0 saturated carbocycles. The zero-order chi connectivity index (χ0) is 19.2. The van der Waals surface area contributed by atoms with Crippen LogP contribution in [0, 0.1) is 22.7 Å². The number of nitriles is 2. The number of alkyl halides is 5. The summed E-state index contributed by atoms with van der Waals surface area (Å²) in [5.41, 5.74) is -2.09. The standard InChI is InChI=1S/C18H10F5N3/c19-17(20,18(21,22)23)12-4-3-11(9-24)14(8-12)16(10-25)6-5-15-13(16)2-1-7-26-15/h1-4,7-8H,5-6H2. The summed E-state index contributed by atoms with van der Waals surface area (Å²) in [6, 6.07) is 9.03. The fraction of sp³-hybridized carbons (Fsp3) is 0.278. The third-order valence-corrected chi connectivity index (χ3v) is 4.60. The lowest BCUT2D eigenvalue weighted by Crippen LogP contribution is -2.34. The number of halogens is 5. The van der Waals surface area contributed by atoms with Crippen LogP contribution < -0.4 is 0 Å². The van der Waals surface area contributed by atoms with Gasteiger partial charge in [0.1, 0.15) is 5.41 Å². The SMILES string of the molecule is N#Cc1ccc(C(F)(F)C(F)(F)F)cc1C1(C#N)CCc2ncccc21. The second kappa shape index (κ2) is 5.77. The van der Waals surface area contributed by atoms with E-state index in [2.05, 4.69) is 4.98 Å². The number of benzene rings is 1. The Morgan fingerprint density at radius 2 is 1.77 bits per heavy atom. The number of hydrogen-bond donors (Lipinski definition) is 0.